The van der Waals surface area contributed by atoms with Crippen LogP contribution in [0.25, 0.3) is 0 Å². The predicted molar refractivity (Wildman–Crippen MR) is 97.6 cm³/mol. The first-order valence-electron chi connectivity index (χ1n) is 7.99. The number of fused-ring (bicyclic) bond motifs is 1. The van der Waals surface area contributed by atoms with E-state index in [-0.39, 0.29) is 18.3 Å². The van der Waals surface area contributed by atoms with Gasteiger partial charge in [0.2, 0.25) is 10.0 Å². The Labute approximate surface area is 149 Å². The second-order valence-corrected chi connectivity index (χ2v) is 8.30. The van der Waals surface area contributed by atoms with Gasteiger partial charge >= 0.3 is 0 Å². The van der Waals surface area contributed by atoms with Crippen molar-refractivity contribution in [3.63, 3.8) is 0 Å². The molecule has 1 amide bonds. The molecule has 1 aromatic rings. The van der Waals surface area contributed by atoms with Gasteiger partial charge in [-0.25, -0.2) is 8.42 Å². The minimum absolute atomic E-state index is 0. The molecule has 8 heteroatoms. The van der Waals surface area contributed by atoms with Crippen molar-refractivity contribution < 1.29 is 13.2 Å². The van der Waals surface area contributed by atoms with Gasteiger partial charge < -0.3 is 10.2 Å². The third kappa shape index (κ3) is 3.84. The largest absolute Gasteiger partial charge is 0.336 e. The number of amides is 1. The molecule has 24 heavy (non-hydrogen) atoms. The number of piperazine rings is 1. The number of rotatable bonds is 2. The van der Waals surface area contributed by atoms with Crippen LogP contribution in [-0.2, 0) is 16.4 Å². The van der Waals surface area contributed by atoms with E-state index >= 15 is 0 Å². The van der Waals surface area contributed by atoms with E-state index in [1.54, 1.807) is 12.1 Å². The van der Waals surface area contributed by atoms with Crippen molar-refractivity contribution in [2.45, 2.75) is 25.8 Å². The number of benzene rings is 1. The molecule has 0 saturated carbocycles. The Hall–Kier alpha value is -1.31. The molecule has 0 aliphatic carbocycles. The number of nitrogens with one attached hydrogen (secondary N) is 1. The second kappa shape index (κ2) is 7.29. The highest BCUT2D eigenvalue weighted by molar-refractivity contribution is 7.92. The van der Waals surface area contributed by atoms with Gasteiger partial charge in [0.05, 0.1) is 11.9 Å². The van der Waals surface area contributed by atoms with Crippen LogP contribution in [-0.4, -0.2) is 57.7 Å². The van der Waals surface area contributed by atoms with Gasteiger partial charge in [-0.3, -0.25) is 9.10 Å². The Morgan fingerprint density at radius 1 is 1.29 bits per heavy atom. The lowest BCUT2D eigenvalue weighted by molar-refractivity contribution is 0.0709. The van der Waals surface area contributed by atoms with Crippen LogP contribution in [0.15, 0.2) is 18.2 Å². The molecule has 0 radical (unpaired) electrons. The van der Waals surface area contributed by atoms with E-state index in [1.807, 2.05) is 11.0 Å². The van der Waals surface area contributed by atoms with Crippen LogP contribution in [0, 0.1) is 0 Å². The van der Waals surface area contributed by atoms with Crippen LogP contribution in [0.2, 0.25) is 0 Å². The maximum Gasteiger partial charge on any atom is 0.253 e. The van der Waals surface area contributed by atoms with Crippen molar-refractivity contribution in [1.29, 1.82) is 0 Å². The van der Waals surface area contributed by atoms with E-state index in [9.17, 15) is 13.2 Å². The molecule has 1 atom stereocenters. The van der Waals surface area contributed by atoms with Crippen molar-refractivity contribution >= 4 is 34.0 Å². The summed E-state index contributed by atoms with van der Waals surface area (Å²) in [6.07, 6.45) is 2.81. The molecule has 1 N–H and O–H groups in total. The molecule has 134 valence electrons. The molecule has 6 nitrogen and oxygen atoms in total. The third-order valence-electron chi connectivity index (χ3n) is 4.46. The quantitative estimate of drug-likeness (QED) is 0.847. The monoisotopic (exact) mass is 373 g/mol. The van der Waals surface area contributed by atoms with Crippen LogP contribution < -0.4 is 9.62 Å². The normalized spacial score (nSPS) is 21.0. The summed E-state index contributed by atoms with van der Waals surface area (Å²) in [6, 6.07) is 5.68. The molecule has 1 aromatic carbocycles. The number of halogens is 1. The Bertz CT molecular complexity index is 723. The zero-order chi connectivity index (χ0) is 16.6. The lowest BCUT2D eigenvalue weighted by Gasteiger charge is -2.33. The predicted octanol–water partition coefficient (Wildman–Crippen LogP) is 1.25. The van der Waals surface area contributed by atoms with Crippen LogP contribution in [0.4, 0.5) is 5.69 Å². The molecule has 0 spiro atoms. The number of aryl methyl sites for hydroxylation is 1. The molecule has 2 aliphatic rings. The third-order valence-corrected chi connectivity index (χ3v) is 5.64. The van der Waals surface area contributed by atoms with Crippen molar-refractivity contribution in [3.8, 4) is 0 Å². The minimum atomic E-state index is -3.27. The molecule has 3 rings (SSSR count). The smallest absolute Gasteiger partial charge is 0.253 e. The molecule has 2 heterocycles. The van der Waals surface area contributed by atoms with Crippen LogP contribution >= 0.6 is 12.4 Å². The Morgan fingerprint density at radius 2 is 2.04 bits per heavy atom. The highest BCUT2D eigenvalue weighted by Gasteiger charge is 2.26. The van der Waals surface area contributed by atoms with Crippen molar-refractivity contribution in [1.82, 2.24) is 10.2 Å². The SMILES string of the molecule is CC1CN(C(=O)c2ccc3c(c2)CCCN3S(C)(=O)=O)CCN1.Cl. The topological polar surface area (TPSA) is 69.7 Å². The Kier molecular flexibility index (Phi) is 5.78. The summed E-state index contributed by atoms with van der Waals surface area (Å²) >= 11 is 0. The fourth-order valence-corrected chi connectivity index (χ4v) is 4.34. The molecule has 2 aliphatic heterocycles. The average molecular weight is 374 g/mol. The lowest BCUT2D eigenvalue weighted by Crippen LogP contribution is -2.51. The highest BCUT2D eigenvalue weighted by atomic mass is 35.5. The molecular weight excluding hydrogens is 350 g/mol. The van der Waals surface area contributed by atoms with E-state index in [0.717, 1.165) is 24.9 Å². The highest BCUT2D eigenvalue weighted by Crippen LogP contribution is 2.30. The summed E-state index contributed by atoms with van der Waals surface area (Å²) < 4.78 is 25.2. The lowest BCUT2D eigenvalue weighted by atomic mass is 10.00. The number of sulfonamides is 1. The summed E-state index contributed by atoms with van der Waals surface area (Å²) in [6.45, 7) is 4.78. The van der Waals surface area contributed by atoms with Crippen molar-refractivity contribution in [2.75, 3.05) is 36.7 Å². The molecule has 0 bridgehead atoms. The fourth-order valence-electron chi connectivity index (χ4n) is 3.34. The number of carbonyl (C=O) groups excluding carboxylic acids is 1. The van der Waals surface area contributed by atoms with Crippen molar-refractivity contribution in [3.05, 3.63) is 29.3 Å². The van der Waals surface area contributed by atoms with Gasteiger partial charge in [-0.05, 0) is 43.5 Å². The molecule has 1 unspecified atom stereocenters. The Morgan fingerprint density at radius 3 is 2.71 bits per heavy atom. The molecule has 1 saturated heterocycles. The second-order valence-electron chi connectivity index (χ2n) is 6.39. The van der Waals surface area contributed by atoms with E-state index in [2.05, 4.69) is 12.2 Å². The first-order chi connectivity index (χ1) is 10.9. The van der Waals surface area contributed by atoms with Crippen LogP contribution in [0.5, 0.6) is 0 Å². The number of hydrogen-bond acceptors (Lipinski definition) is 4. The number of hydrogen-bond donors (Lipinski definition) is 1. The van der Waals surface area contributed by atoms with Crippen molar-refractivity contribution in [2.24, 2.45) is 0 Å². The van der Waals surface area contributed by atoms with E-state index in [4.69, 9.17) is 0 Å². The molecular formula is C16H24ClN3O3S. The number of carbonyl (C=O) groups is 1. The zero-order valence-corrected chi connectivity index (χ0v) is 15.6. The van der Waals surface area contributed by atoms with Gasteiger partial charge in [0, 0.05) is 37.8 Å². The van der Waals surface area contributed by atoms with Gasteiger partial charge in [-0.15, -0.1) is 12.4 Å². The maximum absolute atomic E-state index is 12.7. The molecule has 1 fully saturated rings. The van der Waals surface area contributed by atoms with Crippen LogP contribution in [0.3, 0.4) is 0 Å². The summed E-state index contributed by atoms with van der Waals surface area (Å²) in [4.78, 5) is 14.5. The first kappa shape index (κ1) is 19.0. The summed E-state index contributed by atoms with van der Waals surface area (Å²) in [5.41, 5.74) is 2.30. The summed E-state index contributed by atoms with van der Waals surface area (Å²) in [5.74, 6) is 0.0256. The van der Waals surface area contributed by atoms with Gasteiger partial charge in [0.1, 0.15) is 0 Å². The summed E-state index contributed by atoms with van der Waals surface area (Å²) in [7, 11) is -3.27. The van der Waals surface area contributed by atoms with E-state index < -0.39 is 10.0 Å². The number of anilines is 1. The average Bonchev–Trinajstić information content (AvgIpc) is 2.52. The van der Waals surface area contributed by atoms with Gasteiger partial charge in [-0.2, -0.15) is 0 Å². The Balaban J connectivity index is 0.00000208. The first-order valence-corrected chi connectivity index (χ1v) is 9.84. The van der Waals surface area contributed by atoms with E-state index in [0.29, 0.717) is 36.9 Å². The van der Waals surface area contributed by atoms with E-state index in [1.165, 1.54) is 10.6 Å². The maximum atomic E-state index is 12.7. The number of nitrogens with zero attached hydrogens (tertiary/aromatic N) is 2. The minimum Gasteiger partial charge on any atom is -0.336 e. The van der Waals surface area contributed by atoms with Gasteiger partial charge in [-0.1, -0.05) is 0 Å². The van der Waals surface area contributed by atoms with Gasteiger partial charge in [0.25, 0.3) is 5.91 Å². The zero-order valence-electron chi connectivity index (χ0n) is 14.0. The van der Waals surface area contributed by atoms with Gasteiger partial charge in [0.15, 0.2) is 0 Å². The standard InChI is InChI=1S/C16H23N3O3S.ClH/c1-12-11-18(9-7-17-12)16(20)14-5-6-15-13(10-14)4-3-8-19(15)23(2,21)22;/h5-6,10,12,17H,3-4,7-9,11H2,1-2H3;1H. The van der Waals surface area contributed by atoms with Crippen LogP contribution in [0.1, 0.15) is 29.3 Å². The fraction of sp³-hybridized carbons (Fsp3) is 0.562. The summed E-state index contributed by atoms with van der Waals surface area (Å²) in [5, 5.41) is 3.32. The molecule has 0 aromatic heterocycles.